The average Bonchev–Trinajstić information content (AvgIpc) is 3.55. The molecule has 3 fully saturated rings. The second-order valence-electron chi connectivity index (χ2n) is 12.7. The highest BCUT2D eigenvalue weighted by atomic mass is 32.2. The number of aliphatic hydroxyl groups is 1. The van der Waals surface area contributed by atoms with Crippen LogP contribution in [-0.4, -0.2) is 68.9 Å². The number of rotatable bonds is 13. The molecule has 42 heavy (non-hydrogen) atoms. The Morgan fingerprint density at radius 3 is 2.50 bits per heavy atom. The van der Waals surface area contributed by atoms with Gasteiger partial charge in [-0.25, -0.2) is 8.42 Å². The normalized spacial score (nSPS) is 26.7. The molecule has 7 atom stereocenters. The number of aliphatic hydroxyl groups excluding tert-OH is 1. The smallest absolute Gasteiger partial charge is 0.306 e. The van der Waals surface area contributed by atoms with Gasteiger partial charge in [-0.15, -0.1) is 0 Å². The standard InChI is InChI=1S/C33H45NO7S/c1-22(2)19-34(42(37,38)27-14-12-26(39-3)13-15-27)20-29(35)24(16-23-8-5-4-6-9-23)18-32(36)41-31-17-25-21-40-30-11-7-10-28(31)33(25)30/h4-6,8-9,12-15,22,24-25,28-31,33,35H,7,10-11,16-21H2,1-3H3/t24?,25?,28?,29-,30-,31-,33+/m1/s1. The molecule has 1 N–H and O–H groups in total. The molecular weight excluding hydrogens is 554 g/mol. The summed E-state index contributed by atoms with van der Waals surface area (Å²) in [6.07, 6.45) is 3.66. The zero-order chi connectivity index (χ0) is 29.9. The molecule has 2 aromatic rings. The largest absolute Gasteiger partial charge is 0.497 e. The molecule has 2 aromatic carbocycles. The second kappa shape index (κ2) is 13.5. The van der Waals surface area contributed by atoms with E-state index in [1.807, 2.05) is 44.2 Å². The minimum atomic E-state index is -3.90. The highest BCUT2D eigenvalue weighted by Gasteiger charge is 2.53. The summed E-state index contributed by atoms with van der Waals surface area (Å²) in [5.74, 6) is 1.04. The van der Waals surface area contributed by atoms with Gasteiger partial charge in [0.2, 0.25) is 10.0 Å². The molecule has 3 aliphatic rings. The number of esters is 1. The molecule has 230 valence electrons. The number of hydrogen-bond donors (Lipinski definition) is 1. The van der Waals surface area contributed by atoms with Crippen molar-refractivity contribution in [1.82, 2.24) is 4.31 Å². The topological polar surface area (TPSA) is 102 Å². The van der Waals surface area contributed by atoms with Crippen LogP contribution in [0.5, 0.6) is 5.75 Å². The Balaban J connectivity index is 1.31. The van der Waals surface area contributed by atoms with Crippen LogP contribution in [0, 0.1) is 29.6 Å². The summed E-state index contributed by atoms with van der Waals surface area (Å²) in [6.45, 7) is 4.76. The van der Waals surface area contributed by atoms with E-state index in [4.69, 9.17) is 14.2 Å². The fourth-order valence-electron chi connectivity index (χ4n) is 7.31. The van der Waals surface area contributed by atoms with Gasteiger partial charge in [0, 0.05) is 24.9 Å². The van der Waals surface area contributed by atoms with Crippen molar-refractivity contribution in [3.05, 3.63) is 60.2 Å². The SMILES string of the molecule is COc1ccc(S(=O)(=O)N(CC(C)C)C[C@@H](O)C(CC(=O)O[C@@H]2CC3CO[C@@H]4CCCC2[C@H]34)Cc2ccccc2)cc1. The number of benzene rings is 2. The summed E-state index contributed by atoms with van der Waals surface area (Å²) >= 11 is 0. The lowest BCUT2D eigenvalue weighted by Crippen LogP contribution is -2.43. The Kier molecular flexibility index (Phi) is 9.92. The van der Waals surface area contributed by atoms with Gasteiger partial charge in [0.15, 0.2) is 0 Å². The van der Waals surface area contributed by atoms with Gasteiger partial charge in [-0.05, 0) is 73.3 Å². The van der Waals surface area contributed by atoms with Crippen molar-refractivity contribution in [2.24, 2.45) is 29.6 Å². The summed E-state index contributed by atoms with van der Waals surface area (Å²) in [7, 11) is -2.37. The molecule has 0 bridgehead atoms. The van der Waals surface area contributed by atoms with Crippen molar-refractivity contribution in [1.29, 1.82) is 0 Å². The molecule has 9 heteroatoms. The number of sulfonamides is 1. The number of nitrogens with zero attached hydrogens (tertiary/aromatic N) is 1. The molecule has 1 heterocycles. The highest BCUT2D eigenvalue weighted by Crippen LogP contribution is 2.52. The van der Waals surface area contributed by atoms with Gasteiger partial charge < -0.3 is 19.3 Å². The molecule has 2 aliphatic carbocycles. The third kappa shape index (κ3) is 7.01. The van der Waals surface area contributed by atoms with E-state index in [1.165, 1.54) is 23.5 Å². The molecule has 1 saturated heterocycles. The van der Waals surface area contributed by atoms with Crippen LogP contribution in [-0.2, 0) is 30.7 Å². The summed E-state index contributed by atoms with van der Waals surface area (Å²) in [5, 5.41) is 11.6. The van der Waals surface area contributed by atoms with Crippen LogP contribution in [0.1, 0.15) is 51.5 Å². The van der Waals surface area contributed by atoms with Crippen molar-refractivity contribution >= 4 is 16.0 Å². The third-order valence-electron chi connectivity index (χ3n) is 9.28. The first-order valence-corrected chi connectivity index (χ1v) is 16.8. The first-order chi connectivity index (χ1) is 20.2. The summed E-state index contributed by atoms with van der Waals surface area (Å²) in [5.41, 5.74) is 0.977. The number of methoxy groups -OCH3 is 1. The first-order valence-electron chi connectivity index (χ1n) is 15.3. The molecule has 0 radical (unpaired) electrons. The Morgan fingerprint density at radius 1 is 1.07 bits per heavy atom. The molecule has 0 spiro atoms. The van der Waals surface area contributed by atoms with Gasteiger partial charge >= 0.3 is 5.97 Å². The molecule has 1 aliphatic heterocycles. The lowest BCUT2D eigenvalue weighted by molar-refractivity contribution is -0.155. The molecular formula is C33H45NO7S. The lowest BCUT2D eigenvalue weighted by atomic mass is 9.77. The Bertz CT molecular complexity index is 1280. The average molecular weight is 600 g/mol. The number of hydrogen-bond acceptors (Lipinski definition) is 7. The van der Waals surface area contributed by atoms with Crippen LogP contribution in [0.15, 0.2) is 59.5 Å². The molecule has 2 saturated carbocycles. The monoisotopic (exact) mass is 599 g/mol. The number of carbonyl (C=O) groups excluding carboxylic acids is 1. The fraction of sp³-hybridized carbons (Fsp3) is 0.606. The van der Waals surface area contributed by atoms with Crippen LogP contribution in [0.2, 0.25) is 0 Å². The van der Waals surface area contributed by atoms with Crippen molar-refractivity contribution < 1.29 is 32.5 Å². The van der Waals surface area contributed by atoms with Gasteiger partial charge in [0.25, 0.3) is 0 Å². The van der Waals surface area contributed by atoms with Crippen LogP contribution < -0.4 is 4.74 Å². The molecule has 8 nitrogen and oxygen atoms in total. The van der Waals surface area contributed by atoms with E-state index >= 15 is 0 Å². The van der Waals surface area contributed by atoms with E-state index in [9.17, 15) is 18.3 Å². The maximum Gasteiger partial charge on any atom is 0.306 e. The van der Waals surface area contributed by atoms with E-state index < -0.39 is 22.0 Å². The summed E-state index contributed by atoms with van der Waals surface area (Å²) < 4.78 is 46.1. The van der Waals surface area contributed by atoms with Crippen molar-refractivity contribution in [3.63, 3.8) is 0 Å². The highest BCUT2D eigenvalue weighted by molar-refractivity contribution is 7.89. The van der Waals surface area contributed by atoms with Gasteiger partial charge in [-0.3, -0.25) is 4.79 Å². The Morgan fingerprint density at radius 2 is 1.81 bits per heavy atom. The third-order valence-corrected chi connectivity index (χ3v) is 11.1. The molecule has 0 amide bonds. The van der Waals surface area contributed by atoms with Crippen LogP contribution in [0.4, 0.5) is 0 Å². The quantitative estimate of drug-likeness (QED) is 0.333. The second-order valence-corrected chi connectivity index (χ2v) is 14.6. The minimum Gasteiger partial charge on any atom is -0.497 e. The first kappa shape index (κ1) is 31.0. The Labute approximate surface area is 250 Å². The van der Waals surface area contributed by atoms with Gasteiger partial charge in [-0.2, -0.15) is 4.31 Å². The lowest BCUT2D eigenvalue weighted by Gasteiger charge is -2.33. The van der Waals surface area contributed by atoms with Crippen molar-refractivity contribution in [2.75, 3.05) is 26.8 Å². The van der Waals surface area contributed by atoms with E-state index in [-0.39, 0.29) is 42.4 Å². The van der Waals surface area contributed by atoms with Gasteiger partial charge in [0.05, 0.1) is 37.2 Å². The van der Waals surface area contributed by atoms with Crippen molar-refractivity contribution in [2.45, 2.75) is 75.6 Å². The zero-order valence-electron chi connectivity index (χ0n) is 24.9. The van der Waals surface area contributed by atoms with E-state index in [0.29, 0.717) is 36.0 Å². The van der Waals surface area contributed by atoms with Crippen LogP contribution in [0.25, 0.3) is 0 Å². The predicted octanol–water partition coefficient (Wildman–Crippen LogP) is 4.70. The maximum atomic E-state index is 13.7. The van der Waals surface area contributed by atoms with Crippen LogP contribution in [0.3, 0.4) is 0 Å². The number of carbonyl (C=O) groups is 1. The van der Waals surface area contributed by atoms with Gasteiger partial charge in [0.1, 0.15) is 11.9 Å². The van der Waals surface area contributed by atoms with E-state index in [0.717, 1.165) is 37.9 Å². The zero-order valence-corrected chi connectivity index (χ0v) is 25.7. The van der Waals surface area contributed by atoms with Gasteiger partial charge in [-0.1, -0.05) is 50.6 Å². The molecule has 5 rings (SSSR count). The summed E-state index contributed by atoms with van der Waals surface area (Å²) in [6, 6.07) is 16.0. The predicted molar refractivity (Wildman–Crippen MR) is 159 cm³/mol. The maximum absolute atomic E-state index is 13.7. The summed E-state index contributed by atoms with van der Waals surface area (Å²) in [4.78, 5) is 13.6. The minimum absolute atomic E-state index is 0.0205. The van der Waals surface area contributed by atoms with E-state index in [1.54, 1.807) is 12.1 Å². The Hall–Kier alpha value is -2.46. The number of ether oxygens (including phenoxy) is 3. The fourth-order valence-corrected chi connectivity index (χ4v) is 8.94. The molecule has 3 unspecified atom stereocenters. The van der Waals surface area contributed by atoms with Crippen LogP contribution >= 0.6 is 0 Å². The molecule has 0 aromatic heterocycles. The van der Waals surface area contributed by atoms with Crippen molar-refractivity contribution in [3.8, 4) is 5.75 Å². The van der Waals surface area contributed by atoms with E-state index in [2.05, 4.69) is 0 Å².